The van der Waals surface area contributed by atoms with E-state index in [4.69, 9.17) is 11.6 Å². The third-order valence-corrected chi connectivity index (χ3v) is 3.41. The van der Waals surface area contributed by atoms with Crippen LogP contribution in [-0.2, 0) is 0 Å². The maximum absolute atomic E-state index is 13.8. The van der Waals surface area contributed by atoms with Gasteiger partial charge in [-0.3, -0.25) is 0 Å². The van der Waals surface area contributed by atoms with Crippen LogP contribution in [0.2, 0.25) is 5.02 Å². The van der Waals surface area contributed by atoms with Crippen LogP contribution in [0, 0.1) is 5.82 Å². The summed E-state index contributed by atoms with van der Waals surface area (Å²) < 4.78 is 14.5. The van der Waals surface area contributed by atoms with Gasteiger partial charge in [0.2, 0.25) is 0 Å². The van der Waals surface area contributed by atoms with Crippen LogP contribution in [0.4, 0.5) is 4.39 Å². The second kappa shape index (κ2) is 4.78. The molecule has 0 atom stereocenters. The number of benzene rings is 2. The predicted molar refractivity (Wildman–Crippen MR) is 71.8 cm³/mol. The summed E-state index contributed by atoms with van der Waals surface area (Å²) in [5.74, 6) is -0.360. The van der Waals surface area contributed by atoms with Crippen LogP contribution in [0.1, 0.15) is 0 Å². The first kappa shape index (κ1) is 12.0. The van der Waals surface area contributed by atoms with E-state index in [0.717, 1.165) is 10.5 Å². The van der Waals surface area contributed by atoms with Gasteiger partial charge in [0, 0.05) is 20.0 Å². The monoisotopic (exact) mass is 316 g/mol. The maximum atomic E-state index is 13.8. The van der Waals surface area contributed by atoms with E-state index in [-0.39, 0.29) is 5.82 Å². The van der Waals surface area contributed by atoms with E-state index in [9.17, 15) is 4.39 Å². The first-order chi connectivity index (χ1) is 7.59. The number of thiol groups is 1. The first-order valence-electron chi connectivity index (χ1n) is 4.52. The molecular formula is C12H7BrClFS. The Bertz CT molecular complexity index is 519. The molecule has 0 nitrogen and oxygen atoms in total. The molecule has 0 fully saturated rings. The van der Waals surface area contributed by atoms with Crippen LogP contribution < -0.4 is 0 Å². The highest BCUT2D eigenvalue weighted by Gasteiger charge is 2.12. The van der Waals surface area contributed by atoms with Crippen LogP contribution >= 0.6 is 40.2 Å². The summed E-state index contributed by atoms with van der Waals surface area (Å²) in [6.45, 7) is 0. The molecule has 2 aromatic carbocycles. The second-order valence-corrected chi connectivity index (χ2v) is 5.03. The first-order valence-corrected chi connectivity index (χ1v) is 6.14. The van der Waals surface area contributed by atoms with Crippen LogP contribution in [0.3, 0.4) is 0 Å². The zero-order chi connectivity index (χ0) is 11.7. The molecular weight excluding hydrogens is 311 g/mol. The Morgan fingerprint density at radius 2 is 1.88 bits per heavy atom. The van der Waals surface area contributed by atoms with E-state index in [2.05, 4.69) is 28.6 Å². The molecule has 0 saturated heterocycles. The van der Waals surface area contributed by atoms with Crippen molar-refractivity contribution in [3.8, 4) is 11.1 Å². The second-order valence-electron chi connectivity index (χ2n) is 3.26. The van der Waals surface area contributed by atoms with Gasteiger partial charge < -0.3 is 0 Å². The number of hydrogen-bond donors (Lipinski definition) is 1. The Morgan fingerprint density at radius 3 is 2.50 bits per heavy atom. The topological polar surface area (TPSA) is 0 Å². The van der Waals surface area contributed by atoms with Crippen molar-refractivity contribution in [3.63, 3.8) is 0 Å². The average Bonchev–Trinajstić information content (AvgIpc) is 2.19. The van der Waals surface area contributed by atoms with Gasteiger partial charge in [-0.05, 0) is 39.7 Å². The molecule has 16 heavy (non-hydrogen) atoms. The number of halogens is 3. The molecule has 0 amide bonds. The lowest BCUT2D eigenvalue weighted by Gasteiger charge is -2.09. The Labute approximate surface area is 112 Å². The normalized spacial score (nSPS) is 10.5. The summed E-state index contributed by atoms with van der Waals surface area (Å²) in [7, 11) is 0. The lowest BCUT2D eigenvalue weighted by Crippen LogP contribution is -1.88. The third-order valence-electron chi connectivity index (χ3n) is 2.18. The summed E-state index contributed by atoms with van der Waals surface area (Å²) in [5, 5.41) is 0.366. The van der Waals surface area contributed by atoms with Gasteiger partial charge in [0.25, 0.3) is 0 Å². The molecule has 0 saturated carbocycles. The van der Waals surface area contributed by atoms with Crippen LogP contribution in [0.25, 0.3) is 11.1 Å². The maximum Gasteiger partial charge on any atom is 0.133 e. The molecule has 2 aromatic rings. The van der Waals surface area contributed by atoms with Crippen molar-refractivity contribution in [1.29, 1.82) is 0 Å². The summed E-state index contributed by atoms with van der Waals surface area (Å²) in [6, 6.07) is 10.3. The van der Waals surface area contributed by atoms with E-state index < -0.39 is 0 Å². The molecule has 2 rings (SSSR count). The van der Waals surface area contributed by atoms with Crippen molar-refractivity contribution in [1.82, 2.24) is 0 Å². The number of rotatable bonds is 1. The summed E-state index contributed by atoms with van der Waals surface area (Å²) in [4.78, 5) is 0.726. The lowest BCUT2D eigenvalue weighted by atomic mass is 10.1. The fourth-order valence-corrected chi connectivity index (χ4v) is 2.74. The van der Waals surface area contributed by atoms with Crippen LogP contribution in [0.15, 0.2) is 45.8 Å². The van der Waals surface area contributed by atoms with Crippen molar-refractivity contribution in [3.05, 3.63) is 51.7 Å². The molecule has 0 heterocycles. The minimum atomic E-state index is -0.360. The Hall–Kier alpha value is -0.510. The average molecular weight is 318 g/mol. The van der Waals surface area contributed by atoms with Gasteiger partial charge in [0.05, 0.1) is 0 Å². The van der Waals surface area contributed by atoms with Crippen molar-refractivity contribution in [2.75, 3.05) is 0 Å². The largest absolute Gasteiger partial charge is 0.206 e. The van der Waals surface area contributed by atoms with Gasteiger partial charge >= 0.3 is 0 Å². The van der Waals surface area contributed by atoms with E-state index >= 15 is 0 Å². The van der Waals surface area contributed by atoms with Gasteiger partial charge in [-0.25, -0.2) is 4.39 Å². The van der Waals surface area contributed by atoms with Crippen molar-refractivity contribution in [2.45, 2.75) is 4.90 Å². The molecule has 0 spiro atoms. The minimum Gasteiger partial charge on any atom is -0.206 e. The molecule has 4 heteroatoms. The quantitative estimate of drug-likeness (QED) is 0.687. The fraction of sp³-hybridized carbons (Fsp3) is 0. The summed E-state index contributed by atoms with van der Waals surface area (Å²) in [6.07, 6.45) is 0. The highest BCUT2D eigenvalue weighted by molar-refractivity contribution is 9.10. The van der Waals surface area contributed by atoms with Gasteiger partial charge in [0.15, 0.2) is 0 Å². The highest BCUT2D eigenvalue weighted by Crippen LogP contribution is 2.36. The highest BCUT2D eigenvalue weighted by atomic mass is 79.9. The van der Waals surface area contributed by atoms with E-state index in [1.807, 2.05) is 24.3 Å². The minimum absolute atomic E-state index is 0.360. The van der Waals surface area contributed by atoms with Gasteiger partial charge in [-0.1, -0.05) is 29.8 Å². The SMILES string of the molecule is Fc1cc(Cl)cc(Br)c1-c1ccccc1S. The Morgan fingerprint density at radius 1 is 1.19 bits per heavy atom. The molecule has 0 aliphatic rings. The van der Waals surface area contributed by atoms with Gasteiger partial charge in [-0.2, -0.15) is 0 Å². The van der Waals surface area contributed by atoms with E-state index in [1.165, 1.54) is 6.07 Å². The molecule has 82 valence electrons. The Balaban J connectivity index is 2.70. The van der Waals surface area contributed by atoms with Crippen molar-refractivity contribution < 1.29 is 4.39 Å². The summed E-state index contributed by atoms with van der Waals surface area (Å²) >= 11 is 13.4. The smallest absolute Gasteiger partial charge is 0.133 e. The predicted octanol–water partition coefficient (Wildman–Crippen LogP) is 5.20. The summed E-state index contributed by atoms with van der Waals surface area (Å²) in [5.41, 5.74) is 1.22. The van der Waals surface area contributed by atoms with Crippen LogP contribution in [-0.4, -0.2) is 0 Å². The molecule has 0 bridgehead atoms. The van der Waals surface area contributed by atoms with Gasteiger partial charge in [0.1, 0.15) is 5.82 Å². The molecule has 0 N–H and O–H groups in total. The Kier molecular flexibility index (Phi) is 3.57. The van der Waals surface area contributed by atoms with E-state index in [1.54, 1.807) is 6.07 Å². The molecule has 0 aliphatic carbocycles. The van der Waals surface area contributed by atoms with E-state index in [0.29, 0.717) is 15.1 Å². The van der Waals surface area contributed by atoms with Crippen molar-refractivity contribution in [2.24, 2.45) is 0 Å². The number of hydrogen-bond acceptors (Lipinski definition) is 1. The molecule has 0 radical (unpaired) electrons. The van der Waals surface area contributed by atoms with Crippen LogP contribution in [0.5, 0.6) is 0 Å². The zero-order valence-electron chi connectivity index (χ0n) is 8.05. The third kappa shape index (κ3) is 2.26. The lowest BCUT2D eigenvalue weighted by molar-refractivity contribution is 0.630. The van der Waals surface area contributed by atoms with Crippen molar-refractivity contribution >= 4 is 40.2 Å². The molecule has 0 unspecified atom stereocenters. The fourth-order valence-electron chi connectivity index (χ4n) is 1.48. The van der Waals surface area contributed by atoms with Gasteiger partial charge in [-0.15, -0.1) is 12.6 Å². The molecule has 0 aromatic heterocycles. The standard InChI is InChI=1S/C12H7BrClFS/c13-9-5-7(14)6-10(15)12(9)8-3-1-2-4-11(8)16/h1-6,16H. The molecule has 0 aliphatic heterocycles. The zero-order valence-corrected chi connectivity index (χ0v) is 11.3.